The molecule has 0 radical (unpaired) electrons. The van der Waals surface area contributed by atoms with Gasteiger partial charge in [-0.1, -0.05) is 30.7 Å². The summed E-state index contributed by atoms with van der Waals surface area (Å²) in [6.45, 7) is 10.5. The number of methoxy groups -OCH3 is 1. The molecule has 2 heterocycles. The lowest BCUT2D eigenvalue weighted by Crippen LogP contribution is -2.44. The zero-order valence-corrected chi connectivity index (χ0v) is 17.4. The van der Waals surface area contributed by atoms with Crippen molar-refractivity contribution in [3.05, 3.63) is 23.2 Å². The fourth-order valence-electron chi connectivity index (χ4n) is 3.40. The molecule has 0 unspecified atom stereocenters. The highest BCUT2D eigenvalue weighted by Crippen LogP contribution is 2.42. The second-order valence-corrected chi connectivity index (χ2v) is 7.79. The molecule has 1 aliphatic rings. The Labute approximate surface area is 170 Å². The summed E-state index contributed by atoms with van der Waals surface area (Å²) >= 11 is 6.46. The maximum Gasteiger partial charge on any atom is 0.201 e. The van der Waals surface area contributed by atoms with Gasteiger partial charge < -0.3 is 15.4 Å². The molecular formula is C20H27ClN6O. The van der Waals surface area contributed by atoms with E-state index >= 15 is 0 Å². The number of piperidine rings is 1. The second-order valence-electron chi connectivity index (χ2n) is 7.41. The van der Waals surface area contributed by atoms with Gasteiger partial charge in [-0.3, -0.25) is 10.1 Å². The van der Waals surface area contributed by atoms with Crippen LogP contribution in [-0.2, 0) is 0 Å². The quantitative estimate of drug-likeness (QED) is 0.579. The number of aliphatic imine (C=N–C) groups is 2. The highest BCUT2D eigenvalue weighted by atomic mass is 35.5. The molecule has 1 aromatic heterocycles. The molecule has 3 rings (SSSR count). The van der Waals surface area contributed by atoms with Crippen molar-refractivity contribution in [1.82, 2.24) is 15.1 Å². The van der Waals surface area contributed by atoms with Crippen LogP contribution in [0.5, 0.6) is 5.75 Å². The molecule has 0 amide bonds. The number of aromatic nitrogens is 2. The molecular weight excluding hydrogens is 376 g/mol. The van der Waals surface area contributed by atoms with Crippen molar-refractivity contribution < 1.29 is 4.74 Å². The Morgan fingerprint density at radius 2 is 2.14 bits per heavy atom. The van der Waals surface area contributed by atoms with Crippen LogP contribution in [0, 0.1) is 5.41 Å². The number of likely N-dealkylation sites (tertiary alicyclic amines) is 1. The van der Waals surface area contributed by atoms with Gasteiger partial charge in [0.25, 0.3) is 0 Å². The molecule has 3 N–H and O–H groups in total. The Bertz CT molecular complexity index is 883. The minimum Gasteiger partial charge on any atom is -0.495 e. The van der Waals surface area contributed by atoms with Crippen LogP contribution in [0.4, 0.5) is 11.5 Å². The average molecular weight is 403 g/mol. The minimum absolute atomic E-state index is 0.216. The van der Waals surface area contributed by atoms with Crippen LogP contribution in [0.25, 0.3) is 11.3 Å². The average Bonchev–Trinajstić information content (AvgIpc) is 3.10. The van der Waals surface area contributed by atoms with Gasteiger partial charge in [0.05, 0.1) is 17.8 Å². The van der Waals surface area contributed by atoms with E-state index in [1.165, 1.54) is 0 Å². The number of nitrogens with zero attached hydrogens (tertiary/aromatic N) is 4. The number of hydrogen-bond donors (Lipinski definition) is 2. The van der Waals surface area contributed by atoms with Crippen LogP contribution in [-0.4, -0.2) is 54.4 Å². The first-order valence-electron chi connectivity index (χ1n) is 9.30. The van der Waals surface area contributed by atoms with E-state index in [0.717, 1.165) is 37.3 Å². The molecule has 1 aliphatic heterocycles. The lowest BCUT2D eigenvalue weighted by atomic mass is 9.80. The molecule has 7 nitrogen and oxygen atoms in total. The van der Waals surface area contributed by atoms with Gasteiger partial charge in [-0.15, -0.1) is 0 Å². The second kappa shape index (κ2) is 8.32. The molecule has 0 atom stereocenters. The summed E-state index contributed by atoms with van der Waals surface area (Å²) in [5.74, 6) is 1.98. The number of nitrogens with two attached hydrogens (primary N) is 1. The zero-order valence-electron chi connectivity index (χ0n) is 16.6. The molecule has 0 saturated carbocycles. The molecule has 8 heteroatoms. The molecule has 1 saturated heterocycles. The minimum atomic E-state index is 0.216. The first-order valence-corrected chi connectivity index (χ1v) is 9.68. The SMILES string of the molecule is C=Nc1c(N=C(C)N2CCC(C)(CN)CC2)n[nH]c1-c1cccc(OC)c1Cl. The van der Waals surface area contributed by atoms with Crippen LogP contribution >= 0.6 is 11.6 Å². The summed E-state index contributed by atoms with van der Waals surface area (Å²) in [4.78, 5) is 11.1. The number of aromatic amines is 1. The topological polar surface area (TPSA) is 91.9 Å². The molecule has 1 aromatic carbocycles. The van der Waals surface area contributed by atoms with Crippen molar-refractivity contribution in [3.63, 3.8) is 0 Å². The molecule has 0 spiro atoms. The third-order valence-corrected chi connectivity index (χ3v) is 5.91. The summed E-state index contributed by atoms with van der Waals surface area (Å²) in [7, 11) is 1.58. The van der Waals surface area contributed by atoms with Gasteiger partial charge in [0, 0.05) is 18.7 Å². The van der Waals surface area contributed by atoms with E-state index in [4.69, 9.17) is 27.1 Å². The maximum atomic E-state index is 6.46. The van der Waals surface area contributed by atoms with E-state index in [-0.39, 0.29) is 5.41 Å². The first-order chi connectivity index (χ1) is 13.4. The number of hydrogen-bond acceptors (Lipinski definition) is 5. The van der Waals surface area contributed by atoms with Crippen LogP contribution in [0.2, 0.25) is 5.02 Å². The lowest BCUT2D eigenvalue weighted by Gasteiger charge is -2.39. The van der Waals surface area contributed by atoms with Gasteiger partial charge in [-0.05, 0) is 44.5 Å². The summed E-state index contributed by atoms with van der Waals surface area (Å²) in [5, 5.41) is 7.83. The molecule has 150 valence electrons. The third kappa shape index (κ3) is 3.91. The van der Waals surface area contributed by atoms with Crippen LogP contribution in [0.15, 0.2) is 28.2 Å². The van der Waals surface area contributed by atoms with E-state index < -0.39 is 0 Å². The van der Waals surface area contributed by atoms with E-state index in [1.54, 1.807) is 13.2 Å². The molecule has 2 aromatic rings. The van der Waals surface area contributed by atoms with Crippen LogP contribution in [0.3, 0.4) is 0 Å². The van der Waals surface area contributed by atoms with Crippen LogP contribution < -0.4 is 10.5 Å². The summed E-state index contributed by atoms with van der Waals surface area (Å²) in [5.41, 5.74) is 8.10. The number of nitrogens with one attached hydrogen (secondary N) is 1. The number of benzene rings is 1. The predicted octanol–water partition coefficient (Wildman–Crippen LogP) is 4.18. The van der Waals surface area contributed by atoms with Crippen molar-refractivity contribution in [2.24, 2.45) is 21.1 Å². The van der Waals surface area contributed by atoms with Crippen molar-refractivity contribution in [3.8, 4) is 17.0 Å². The van der Waals surface area contributed by atoms with Gasteiger partial charge in [0.15, 0.2) is 0 Å². The van der Waals surface area contributed by atoms with Gasteiger partial charge in [0.1, 0.15) is 17.3 Å². The summed E-state index contributed by atoms with van der Waals surface area (Å²) in [6.07, 6.45) is 2.10. The monoisotopic (exact) mass is 402 g/mol. The highest BCUT2D eigenvalue weighted by molar-refractivity contribution is 6.35. The highest BCUT2D eigenvalue weighted by Gasteiger charge is 2.29. The molecule has 0 aliphatic carbocycles. The van der Waals surface area contributed by atoms with Crippen molar-refractivity contribution in [2.75, 3.05) is 26.7 Å². The van der Waals surface area contributed by atoms with Gasteiger partial charge in [0.2, 0.25) is 5.82 Å². The fraction of sp³-hybridized carbons (Fsp3) is 0.450. The predicted molar refractivity (Wildman–Crippen MR) is 116 cm³/mol. The normalized spacial score (nSPS) is 16.9. The lowest BCUT2D eigenvalue weighted by molar-refractivity contribution is 0.175. The number of H-pyrrole nitrogens is 1. The van der Waals surface area contributed by atoms with Crippen molar-refractivity contribution in [2.45, 2.75) is 26.7 Å². The third-order valence-electron chi connectivity index (χ3n) is 5.52. The van der Waals surface area contributed by atoms with Gasteiger partial charge in [-0.2, -0.15) is 5.10 Å². The smallest absolute Gasteiger partial charge is 0.201 e. The number of halogens is 1. The zero-order chi connectivity index (χ0) is 20.3. The molecule has 28 heavy (non-hydrogen) atoms. The number of rotatable bonds is 5. The van der Waals surface area contributed by atoms with Crippen molar-refractivity contribution >= 4 is 35.7 Å². The molecule has 1 fully saturated rings. The first kappa shape index (κ1) is 20.4. The van der Waals surface area contributed by atoms with Crippen molar-refractivity contribution in [1.29, 1.82) is 0 Å². The Morgan fingerprint density at radius 1 is 1.43 bits per heavy atom. The van der Waals surface area contributed by atoms with E-state index in [0.29, 0.717) is 34.5 Å². The van der Waals surface area contributed by atoms with Gasteiger partial charge >= 0.3 is 0 Å². The van der Waals surface area contributed by atoms with E-state index in [9.17, 15) is 0 Å². The Kier molecular flexibility index (Phi) is 6.05. The Balaban J connectivity index is 1.89. The fourth-order valence-corrected chi connectivity index (χ4v) is 3.70. The number of ether oxygens (including phenoxy) is 1. The summed E-state index contributed by atoms with van der Waals surface area (Å²) < 4.78 is 5.30. The maximum absolute atomic E-state index is 6.46. The standard InChI is InChI=1S/C20H27ClN6O/c1-13(27-10-8-20(2,12-22)9-11-27)24-19-18(23-3)17(25-26-19)14-6-5-7-15(28-4)16(14)21/h5-7H,3,8-12,22H2,1-2,4H3,(H,25,26). The van der Waals surface area contributed by atoms with E-state index in [2.05, 4.69) is 33.7 Å². The van der Waals surface area contributed by atoms with Crippen LogP contribution in [0.1, 0.15) is 26.7 Å². The molecule has 0 bridgehead atoms. The Hall–Kier alpha value is -2.38. The number of amidine groups is 1. The van der Waals surface area contributed by atoms with Gasteiger partial charge in [-0.25, -0.2) is 4.99 Å². The summed E-state index contributed by atoms with van der Waals surface area (Å²) in [6, 6.07) is 5.55. The van der Waals surface area contributed by atoms with E-state index in [1.807, 2.05) is 19.1 Å². The Morgan fingerprint density at radius 3 is 2.75 bits per heavy atom. The largest absolute Gasteiger partial charge is 0.495 e.